The van der Waals surface area contributed by atoms with Crippen molar-refractivity contribution >= 4 is 43.6 Å². The summed E-state index contributed by atoms with van der Waals surface area (Å²) in [5.41, 5.74) is 37.5. The van der Waals surface area contributed by atoms with Gasteiger partial charge in [-0.05, 0) is 194 Å². The van der Waals surface area contributed by atoms with E-state index in [1.807, 2.05) is 0 Å². The average Bonchev–Trinajstić information content (AvgIpc) is 1.53. The Bertz CT molecular complexity index is 6980. The van der Waals surface area contributed by atoms with Crippen LogP contribution in [-0.2, 0) is 10.8 Å². The van der Waals surface area contributed by atoms with Gasteiger partial charge in [-0.3, -0.25) is 0 Å². The summed E-state index contributed by atoms with van der Waals surface area (Å²) in [4.78, 5) is 0. The highest BCUT2D eigenvalue weighted by Gasteiger charge is 2.46. The van der Waals surface area contributed by atoms with E-state index >= 15 is 0 Å². The zero-order valence-corrected chi connectivity index (χ0v) is 64.8. The van der Waals surface area contributed by atoms with E-state index < -0.39 is 5.41 Å². The molecule has 0 aliphatic heterocycles. The van der Waals surface area contributed by atoms with Crippen LogP contribution in [0, 0.1) is 0 Å². The summed E-state index contributed by atoms with van der Waals surface area (Å²) >= 11 is 0. The van der Waals surface area contributed by atoms with Crippen molar-refractivity contribution in [2.45, 2.75) is 36.5 Å². The van der Waals surface area contributed by atoms with Gasteiger partial charge in [-0.15, -0.1) is 0 Å². The number of aromatic nitrogens is 2. The van der Waals surface area contributed by atoms with Gasteiger partial charge in [0.1, 0.15) is 0 Å². The molecule has 0 spiro atoms. The predicted molar refractivity (Wildman–Crippen MR) is 486 cm³/mol. The molecule has 2 aliphatic carbocycles. The third-order valence-corrected chi connectivity index (χ3v) is 25.0. The first-order valence-electron chi connectivity index (χ1n) is 40.6. The van der Waals surface area contributed by atoms with Crippen molar-refractivity contribution in [2.75, 3.05) is 0 Å². The first-order chi connectivity index (χ1) is 57.3. The quantitative estimate of drug-likeness (QED) is 0.0961. The molecule has 0 radical (unpaired) electrons. The SMILES string of the molecule is CC1(C)c2ccccc2-c2ccc(C(c3ccccc3)c3ccc(-c4ccc5c(c4)c4ccccc4n5-c4ccc(-c5ccccc5)cc4)cc3)cc21.c1ccc(-c2ccc(C(c3ccc(-c4ccc5c(c4)c4ccccc4n5-c4ccccc4)cc3)c3ccc4c(c3)C(c3ccccc3)(c3ccccc3)c3ccccc3-4)cc2)cc1. The van der Waals surface area contributed by atoms with Crippen LogP contribution in [-0.4, -0.2) is 9.13 Å². The number of hydrogen-bond donors (Lipinski definition) is 0. The van der Waals surface area contributed by atoms with E-state index in [4.69, 9.17) is 0 Å². The molecule has 2 heterocycles. The van der Waals surface area contributed by atoms with Crippen molar-refractivity contribution in [3.05, 3.63) is 516 Å². The lowest BCUT2D eigenvalue weighted by atomic mass is 9.67. The monoisotopic (exact) mass is 1480 g/mol. The minimum Gasteiger partial charge on any atom is -0.309 e. The van der Waals surface area contributed by atoms with Crippen LogP contribution in [0.2, 0.25) is 0 Å². The molecule has 2 aromatic heterocycles. The summed E-state index contributed by atoms with van der Waals surface area (Å²) in [6.45, 7) is 4.73. The van der Waals surface area contributed by atoms with E-state index in [9.17, 15) is 0 Å². The van der Waals surface area contributed by atoms with Gasteiger partial charge < -0.3 is 9.13 Å². The molecule has 2 heteroatoms. The lowest BCUT2D eigenvalue weighted by molar-refractivity contribution is 0.659. The Morgan fingerprint density at radius 1 is 0.190 bits per heavy atom. The molecule has 2 unspecified atom stereocenters. The molecule has 116 heavy (non-hydrogen) atoms. The Labute approximate surface area is 678 Å². The molecule has 20 aromatic rings. The Balaban J connectivity index is 0.000000147. The van der Waals surface area contributed by atoms with Gasteiger partial charge in [0.15, 0.2) is 0 Å². The second-order valence-corrected chi connectivity index (χ2v) is 31.7. The summed E-state index contributed by atoms with van der Waals surface area (Å²) in [5.74, 6) is 0.122. The molecule has 0 saturated heterocycles. The molecule has 22 rings (SSSR count). The molecule has 0 N–H and O–H groups in total. The first kappa shape index (κ1) is 69.5. The maximum Gasteiger partial charge on any atom is 0.0713 e. The Kier molecular flexibility index (Phi) is 17.3. The summed E-state index contributed by atoms with van der Waals surface area (Å²) in [6.07, 6.45) is 0. The number of nitrogens with zero attached hydrogens (tertiary/aromatic N) is 2. The lowest BCUT2D eigenvalue weighted by Gasteiger charge is -2.34. The van der Waals surface area contributed by atoms with Crippen molar-refractivity contribution in [1.29, 1.82) is 0 Å². The van der Waals surface area contributed by atoms with Crippen molar-refractivity contribution < 1.29 is 0 Å². The van der Waals surface area contributed by atoms with Crippen LogP contribution in [0.5, 0.6) is 0 Å². The van der Waals surface area contributed by atoms with E-state index in [-0.39, 0.29) is 17.3 Å². The van der Waals surface area contributed by atoms with Gasteiger partial charge in [0.25, 0.3) is 0 Å². The molecule has 548 valence electrons. The van der Waals surface area contributed by atoms with Crippen LogP contribution in [0.4, 0.5) is 0 Å². The highest BCUT2D eigenvalue weighted by molar-refractivity contribution is 6.12. The summed E-state index contributed by atoms with van der Waals surface area (Å²) in [5, 5.41) is 5.04. The molecule has 2 atom stereocenters. The van der Waals surface area contributed by atoms with E-state index in [2.05, 4.69) is 472 Å². The largest absolute Gasteiger partial charge is 0.309 e. The van der Waals surface area contributed by atoms with E-state index in [0.717, 1.165) is 0 Å². The van der Waals surface area contributed by atoms with E-state index in [1.165, 1.54) is 189 Å². The number of rotatable bonds is 14. The average molecular weight is 1480 g/mol. The number of hydrogen-bond acceptors (Lipinski definition) is 0. The second-order valence-electron chi connectivity index (χ2n) is 31.7. The van der Waals surface area contributed by atoms with Crippen molar-refractivity contribution in [2.24, 2.45) is 0 Å². The predicted octanol–water partition coefficient (Wildman–Crippen LogP) is 29.3. The molecule has 0 saturated carbocycles. The molecule has 18 aromatic carbocycles. The van der Waals surface area contributed by atoms with Crippen molar-refractivity contribution in [1.82, 2.24) is 9.13 Å². The van der Waals surface area contributed by atoms with Gasteiger partial charge in [-0.2, -0.15) is 0 Å². The highest BCUT2D eigenvalue weighted by atomic mass is 15.0. The molecule has 2 nitrogen and oxygen atoms in total. The normalized spacial score (nSPS) is 13.3. The van der Waals surface area contributed by atoms with Crippen LogP contribution in [0.15, 0.2) is 449 Å². The third-order valence-electron chi connectivity index (χ3n) is 25.0. The smallest absolute Gasteiger partial charge is 0.0713 e. The zero-order chi connectivity index (χ0) is 77.3. The summed E-state index contributed by atoms with van der Waals surface area (Å²) in [6, 6.07) is 166. The minimum atomic E-state index is -0.474. The fourth-order valence-electron chi connectivity index (χ4n) is 19.4. The summed E-state index contributed by atoms with van der Waals surface area (Å²) < 4.78 is 4.78. The molecule has 0 fully saturated rings. The number of benzene rings is 18. The molecule has 2 aliphatic rings. The van der Waals surface area contributed by atoms with Crippen LogP contribution in [0.25, 0.3) is 122 Å². The Hall–Kier alpha value is -14.4. The standard InChI is InChI=1S/C62H43N.C52H39N/c1-5-17-43(18-6-1)44-29-33-46(34-30-44)61(47-35-31-45(32-36-47)48-38-40-60-56(41-48)55-26-14-16-28-59(55)63(60)52-23-11-4-12-24-52)49-37-39-54-53-25-13-15-27-57(53)62(58(54)42-49,50-19-7-2-8-20-50)51-21-9-3-10-22-51;1-52(2)47-19-11-9-17-43(47)44-31-27-41(34-48(44)52)51(38-15-7-4-8-16-38)39-23-21-37(22-24-39)40-28-32-50-46(33-40)45-18-10-12-20-49(45)53(50)42-29-25-36(26-30-42)35-13-5-3-6-14-35/h1-42,61H;3-34,51H,1-2H3. The van der Waals surface area contributed by atoms with Gasteiger partial charge in [0, 0.05) is 50.2 Å². The fourth-order valence-corrected chi connectivity index (χ4v) is 19.4. The lowest BCUT2D eigenvalue weighted by Crippen LogP contribution is -2.28. The van der Waals surface area contributed by atoms with Crippen LogP contribution in [0.1, 0.15) is 92.4 Å². The topological polar surface area (TPSA) is 9.86 Å². The number of fused-ring (bicyclic) bond motifs is 12. The molecule has 0 amide bonds. The maximum absolute atomic E-state index is 2.52. The summed E-state index contributed by atoms with van der Waals surface area (Å²) in [7, 11) is 0. The van der Waals surface area contributed by atoms with Gasteiger partial charge >= 0.3 is 0 Å². The minimum absolute atomic E-state index is 0.00606. The number of para-hydroxylation sites is 3. The third kappa shape index (κ3) is 11.9. The van der Waals surface area contributed by atoms with E-state index in [1.54, 1.807) is 0 Å². The molecular weight excluding hydrogens is 1400 g/mol. The van der Waals surface area contributed by atoms with E-state index in [0.29, 0.717) is 0 Å². The van der Waals surface area contributed by atoms with Gasteiger partial charge in [0.2, 0.25) is 0 Å². The van der Waals surface area contributed by atoms with Crippen LogP contribution < -0.4 is 0 Å². The van der Waals surface area contributed by atoms with Crippen molar-refractivity contribution in [3.63, 3.8) is 0 Å². The fraction of sp³-hybridized carbons (Fsp3) is 0.0526. The molecular formula is C114H82N2. The highest BCUT2D eigenvalue weighted by Crippen LogP contribution is 2.58. The van der Waals surface area contributed by atoms with Crippen LogP contribution in [0.3, 0.4) is 0 Å². The first-order valence-corrected chi connectivity index (χ1v) is 40.6. The van der Waals surface area contributed by atoms with Gasteiger partial charge in [-0.1, -0.05) is 402 Å². The Morgan fingerprint density at radius 2 is 0.491 bits per heavy atom. The maximum atomic E-state index is 2.52. The van der Waals surface area contributed by atoms with Gasteiger partial charge in [-0.25, -0.2) is 0 Å². The second kappa shape index (κ2) is 28.9. The zero-order valence-electron chi connectivity index (χ0n) is 64.8. The van der Waals surface area contributed by atoms with Crippen LogP contribution >= 0.6 is 0 Å². The molecule has 0 bridgehead atoms. The van der Waals surface area contributed by atoms with Gasteiger partial charge in [0.05, 0.1) is 27.5 Å². The Morgan fingerprint density at radius 3 is 0.966 bits per heavy atom. The van der Waals surface area contributed by atoms with Crippen molar-refractivity contribution in [3.8, 4) is 78.1 Å².